The van der Waals surface area contributed by atoms with Gasteiger partial charge in [0.2, 0.25) is 0 Å². The Hall–Kier alpha value is -1.26. The Kier molecular flexibility index (Phi) is 7.54. The molecule has 0 aliphatic rings. The molecule has 0 heterocycles. The smallest absolute Gasteiger partial charge is 0.119 e. The minimum absolute atomic E-state index is 0.929. The maximum Gasteiger partial charge on any atom is 0.119 e. The molecule has 0 fully saturated rings. The molecule has 0 amide bonds. The minimum Gasteiger partial charge on any atom is -0.497 e. The molecule has 0 spiro atoms. The van der Waals surface area contributed by atoms with Crippen molar-refractivity contribution in [3.05, 3.63) is 48.5 Å². The molecular weight excluding hydrogens is 312 g/mol. The molecule has 2 nitrogen and oxygen atoms in total. The lowest BCUT2D eigenvalue weighted by molar-refractivity contribution is 0.413. The first-order chi connectivity index (χ1) is 10.8. The maximum atomic E-state index is 5.24. The zero-order valence-corrected chi connectivity index (χ0v) is 14.7. The quantitative estimate of drug-likeness (QED) is 0.453. The van der Waals surface area contributed by atoms with Gasteiger partial charge in [-0.25, -0.2) is 0 Å². The number of hydrogen-bond donors (Lipinski definition) is 0. The molecule has 0 saturated heterocycles. The molecule has 0 aromatic heterocycles. The van der Waals surface area contributed by atoms with Gasteiger partial charge in [-0.1, -0.05) is 12.1 Å². The Morgan fingerprint density at radius 3 is 1.59 bits per heavy atom. The third-order valence-corrected chi connectivity index (χ3v) is 5.32. The zero-order chi connectivity index (χ0) is 15.6. The molecular formula is C18H22O2S2. The van der Waals surface area contributed by atoms with Crippen LogP contribution < -0.4 is 9.47 Å². The molecule has 0 aliphatic heterocycles. The van der Waals surface area contributed by atoms with Crippen molar-refractivity contribution in [2.45, 2.75) is 22.6 Å². The van der Waals surface area contributed by atoms with E-state index in [1.54, 1.807) is 14.2 Å². The van der Waals surface area contributed by atoms with E-state index in [-0.39, 0.29) is 0 Å². The van der Waals surface area contributed by atoms with Gasteiger partial charge in [0, 0.05) is 9.79 Å². The van der Waals surface area contributed by atoms with Crippen molar-refractivity contribution in [2.75, 3.05) is 25.7 Å². The van der Waals surface area contributed by atoms with Gasteiger partial charge < -0.3 is 9.47 Å². The summed E-state index contributed by atoms with van der Waals surface area (Å²) < 4.78 is 10.5. The highest BCUT2D eigenvalue weighted by atomic mass is 32.2. The average molecular weight is 335 g/mol. The molecule has 0 saturated carbocycles. The fraction of sp³-hybridized carbons (Fsp3) is 0.333. The second-order valence-corrected chi connectivity index (χ2v) is 7.10. The number of methoxy groups -OCH3 is 2. The lowest BCUT2D eigenvalue weighted by Gasteiger charge is -2.05. The Bertz CT molecular complexity index is 521. The summed E-state index contributed by atoms with van der Waals surface area (Å²) in [6.07, 6.45) is 2.44. The second-order valence-electron chi connectivity index (χ2n) is 4.76. The third-order valence-electron chi connectivity index (χ3n) is 3.16. The third kappa shape index (κ3) is 5.85. The highest BCUT2D eigenvalue weighted by Gasteiger charge is 1.99. The molecule has 2 aromatic carbocycles. The van der Waals surface area contributed by atoms with Crippen LogP contribution >= 0.6 is 23.5 Å². The van der Waals surface area contributed by atoms with E-state index in [0.717, 1.165) is 23.0 Å². The van der Waals surface area contributed by atoms with Gasteiger partial charge in [0.1, 0.15) is 11.5 Å². The van der Waals surface area contributed by atoms with E-state index in [1.165, 1.54) is 22.6 Å². The van der Waals surface area contributed by atoms with Crippen LogP contribution in [0.1, 0.15) is 12.8 Å². The van der Waals surface area contributed by atoms with E-state index in [1.807, 2.05) is 47.8 Å². The van der Waals surface area contributed by atoms with Crippen LogP contribution in [0.2, 0.25) is 0 Å². The molecule has 2 rings (SSSR count). The molecule has 0 N–H and O–H groups in total. The first kappa shape index (κ1) is 17.1. The summed E-state index contributed by atoms with van der Waals surface area (Å²) in [5.41, 5.74) is 0. The minimum atomic E-state index is 0.929. The molecule has 0 bridgehead atoms. The van der Waals surface area contributed by atoms with Crippen LogP contribution in [-0.4, -0.2) is 25.7 Å². The lowest BCUT2D eigenvalue weighted by atomic mass is 10.3. The summed E-state index contributed by atoms with van der Waals surface area (Å²) in [7, 11) is 3.42. The average Bonchev–Trinajstić information content (AvgIpc) is 2.58. The standard InChI is InChI=1S/C18H22O2S2/c1-19-15-7-5-9-17(13-15)21-11-3-4-12-22-18-10-6-8-16(14-18)20-2/h5-10,13-14H,3-4,11-12H2,1-2H3. The fourth-order valence-electron chi connectivity index (χ4n) is 1.97. The van der Waals surface area contributed by atoms with Gasteiger partial charge in [-0.2, -0.15) is 0 Å². The number of ether oxygens (including phenoxy) is 2. The van der Waals surface area contributed by atoms with Crippen LogP contribution in [0, 0.1) is 0 Å². The van der Waals surface area contributed by atoms with Crippen LogP contribution in [0.5, 0.6) is 11.5 Å². The van der Waals surface area contributed by atoms with Gasteiger partial charge in [0.05, 0.1) is 14.2 Å². The van der Waals surface area contributed by atoms with Crippen molar-refractivity contribution < 1.29 is 9.47 Å². The molecule has 22 heavy (non-hydrogen) atoms. The number of benzene rings is 2. The van der Waals surface area contributed by atoms with Gasteiger partial charge in [0.25, 0.3) is 0 Å². The van der Waals surface area contributed by atoms with Crippen LogP contribution in [0.25, 0.3) is 0 Å². The predicted molar refractivity (Wildman–Crippen MR) is 96.7 cm³/mol. The van der Waals surface area contributed by atoms with E-state index in [0.29, 0.717) is 0 Å². The van der Waals surface area contributed by atoms with Gasteiger partial charge >= 0.3 is 0 Å². The monoisotopic (exact) mass is 334 g/mol. The van der Waals surface area contributed by atoms with Crippen molar-refractivity contribution >= 4 is 23.5 Å². The molecule has 2 aromatic rings. The van der Waals surface area contributed by atoms with Crippen LogP contribution in [0.4, 0.5) is 0 Å². The first-order valence-electron chi connectivity index (χ1n) is 7.35. The molecule has 0 aliphatic carbocycles. The van der Waals surface area contributed by atoms with Crippen molar-refractivity contribution in [3.63, 3.8) is 0 Å². The maximum absolute atomic E-state index is 5.24. The van der Waals surface area contributed by atoms with E-state index in [4.69, 9.17) is 9.47 Å². The van der Waals surface area contributed by atoms with Gasteiger partial charge in [-0.05, 0) is 60.7 Å². The summed E-state index contributed by atoms with van der Waals surface area (Å²) in [6.45, 7) is 0. The SMILES string of the molecule is COc1cccc(SCCCCSc2cccc(OC)c2)c1. The molecule has 0 unspecified atom stereocenters. The summed E-state index contributed by atoms with van der Waals surface area (Å²) in [5.74, 6) is 4.15. The van der Waals surface area contributed by atoms with Crippen molar-refractivity contribution in [2.24, 2.45) is 0 Å². The van der Waals surface area contributed by atoms with E-state index in [2.05, 4.69) is 24.3 Å². The highest BCUT2D eigenvalue weighted by Crippen LogP contribution is 2.26. The molecule has 118 valence electrons. The van der Waals surface area contributed by atoms with E-state index >= 15 is 0 Å². The summed E-state index contributed by atoms with van der Waals surface area (Å²) in [4.78, 5) is 2.56. The predicted octanol–water partition coefficient (Wildman–Crippen LogP) is 5.37. The largest absolute Gasteiger partial charge is 0.497 e. The Morgan fingerprint density at radius 2 is 1.18 bits per heavy atom. The number of unbranched alkanes of at least 4 members (excludes halogenated alkanes) is 1. The zero-order valence-electron chi connectivity index (χ0n) is 13.1. The van der Waals surface area contributed by atoms with Gasteiger partial charge in [-0.15, -0.1) is 23.5 Å². The fourth-order valence-corrected chi connectivity index (χ4v) is 3.88. The van der Waals surface area contributed by atoms with Gasteiger partial charge in [-0.3, -0.25) is 0 Å². The Balaban J connectivity index is 1.62. The van der Waals surface area contributed by atoms with Crippen molar-refractivity contribution in [3.8, 4) is 11.5 Å². The van der Waals surface area contributed by atoms with E-state index in [9.17, 15) is 0 Å². The van der Waals surface area contributed by atoms with Crippen molar-refractivity contribution in [1.29, 1.82) is 0 Å². The molecule has 0 radical (unpaired) electrons. The summed E-state index contributed by atoms with van der Waals surface area (Å²) in [6, 6.07) is 16.5. The highest BCUT2D eigenvalue weighted by molar-refractivity contribution is 7.99. The molecule has 4 heteroatoms. The van der Waals surface area contributed by atoms with Crippen LogP contribution in [0.15, 0.2) is 58.3 Å². The lowest BCUT2D eigenvalue weighted by Crippen LogP contribution is -1.86. The summed E-state index contributed by atoms with van der Waals surface area (Å²) in [5, 5.41) is 0. The number of thioether (sulfide) groups is 2. The van der Waals surface area contributed by atoms with Crippen LogP contribution in [0.3, 0.4) is 0 Å². The van der Waals surface area contributed by atoms with Crippen molar-refractivity contribution in [1.82, 2.24) is 0 Å². The summed E-state index contributed by atoms with van der Waals surface area (Å²) >= 11 is 3.79. The van der Waals surface area contributed by atoms with E-state index < -0.39 is 0 Å². The topological polar surface area (TPSA) is 18.5 Å². The second kappa shape index (κ2) is 9.70. The van der Waals surface area contributed by atoms with Gasteiger partial charge in [0.15, 0.2) is 0 Å². The Labute approximate surface area is 141 Å². The normalized spacial score (nSPS) is 10.5. The first-order valence-corrected chi connectivity index (χ1v) is 9.32. The number of rotatable bonds is 9. The van der Waals surface area contributed by atoms with Crippen LogP contribution in [-0.2, 0) is 0 Å². The molecule has 0 atom stereocenters. The Morgan fingerprint density at radius 1 is 0.727 bits per heavy atom. The number of hydrogen-bond acceptors (Lipinski definition) is 4.